The van der Waals surface area contributed by atoms with Gasteiger partial charge in [0.25, 0.3) is 5.91 Å². The fraction of sp³-hybridized carbons (Fsp3) is 0.349. The van der Waals surface area contributed by atoms with Gasteiger partial charge in [0.15, 0.2) is 5.82 Å². The third-order valence-corrected chi connectivity index (χ3v) is 12.9. The Balaban J connectivity index is 1.01. The fourth-order valence-corrected chi connectivity index (χ4v) is 9.86. The maximum atomic E-state index is 16.0. The van der Waals surface area contributed by atoms with Crippen LogP contribution in [0.3, 0.4) is 0 Å². The van der Waals surface area contributed by atoms with E-state index >= 15 is 4.39 Å². The summed E-state index contributed by atoms with van der Waals surface area (Å²) in [5.74, 6) is -0.0780. The number of aryl methyl sites for hydroxylation is 3. The smallest absolute Gasteiger partial charge is 0.338 e. The molecule has 3 atom stereocenters. The van der Waals surface area contributed by atoms with E-state index in [0.29, 0.717) is 58.0 Å². The maximum Gasteiger partial charge on any atom is 0.338 e. The number of rotatable bonds is 5. The normalized spacial score (nSPS) is 21.1. The largest absolute Gasteiger partial charge is 0.375 e. The van der Waals surface area contributed by atoms with E-state index in [9.17, 15) is 14.0 Å². The van der Waals surface area contributed by atoms with Crippen LogP contribution in [0.25, 0.3) is 39.0 Å². The number of halogens is 2. The number of aromatic amines is 1. The lowest BCUT2D eigenvalue weighted by molar-refractivity contribution is -0.0132. The molecule has 1 spiro atoms. The number of fused-ring (bicyclic) bond motifs is 6. The van der Waals surface area contributed by atoms with E-state index in [0.717, 1.165) is 60.9 Å². The molecular weight excluding hydrogens is 715 g/mol. The van der Waals surface area contributed by atoms with E-state index in [-0.39, 0.29) is 35.1 Å². The van der Waals surface area contributed by atoms with Crippen molar-refractivity contribution in [2.45, 2.75) is 82.4 Å². The lowest BCUT2D eigenvalue weighted by Gasteiger charge is -2.34. The highest BCUT2D eigenvalue weighted by Crippen LogP contribution is 2.51. The lowest BCUT2D eigenvalue weighted by Crippen LogP contribution is -2.42. The van der Waals surface area contributed by atoms with Gasteiger partial charge >= 0.3 is 5.69 Å². The molecule has 11 rings (SSSR count). The highest BCUT2D eigenvalue weighted by molar-refractivity contribution is 5.99. The third-order valence-electron chi connectivity index (χ3n) is 12.9. The summed E-state index contributed by atoms with van der Waals surface area (Å²) in [5, 5.41) is 10.6. The summed E-state index contributed by atoms with van der Waals surface area (Å²) < 4.78 is 43.0. The van der Waals surface area contributed by atoms with Crippen LogP contribution in [0.1, 0.15) is 88.9 Å². The summed E-state index contributed by atoms with van der Waals surface area (Å²) >= 11 is 0. The Hall–Kier alpha value is -5.82. The molecule has 1 N–H and O–H groups in total. The van der Waals surface area contributed by atoms with E-state index in [2.05, 4.69) is 28.3 Å². The molecule has 11 nitrogen and oxygen atoms in total. The molecule has 0 unspecified atom stereocenters. The molecule has 1 aliphatic carbocycles. The predicted molar refractivity (Wildman–Crippen MR) is 206 cm³/mol. The zero-order chi connectivity index (χ0) is 38.2. The van der Waals surface area contributed by atoms with Crippen molar-refractivity contribution in [2.24, 2.45) is 7.05 Å². The van der Waals surface area contributed by atoms with Gasteiger partial charge in [0.1, 0.15) is 17.3 Å². The van der Waals surface area contributed by atoms with Gasteiger partial charge in [-0.3, -0.25) is 18.6 Å². The zero-order valence-electron chi connectivity index (χ0n) is 31.4. The number of imidazole rings is 1. The number of carbonyl (C=O) groups is 1. The number of nitrogens with one attached hydrogen (secondary N) is 1. The first kappa shape index (κ1) is 33.5. The van der Waals surface area contributed by atoms with Gasteiger partial charge in [-0.2, -0.15) is 10.2 Å². The Bertz CT molecular complexity index is 2830. The SMILES string of the molecule is Cc1cc(-n2nc3c(c2-n2ccn(-c4ccc5c(cnn5C)c4F)c2=O)[C@H]2CC[C@@H](C3)N2C(=O)c2cc3cc([C@@H]4CCOC5(CC5)C4)ccc3[nH]2)cc(C)c1F. The van der Waals surface area contributed by atoms with Crippen LogP contribution in [-0.2, 0) is 18.2 Å². The molecule has 2 bridgehead atoms. The molecule has 4 aromatic heterocycles. The minimum atomic E-state index is -0.559. The zero-order valence-corrected chi connectivity index (χ0v) is 31.4. The molecule has 1 saturated carbocycles. The Labute approximate surface area is 320 Å². The van der Waals surface area contributed by atoms with Gasteiger partial charge in [-0.15, -0.1) is 0 Å². The molecule has 7 aromatic rings. The van der Waals surface area contributed by atoms with Gasteiger partial charge in [0.05, 0.1) is 45.8 Å². The number of carbonyl (C=O) groups excluding carboxylic acids is 1. The molecule has 7 heterocycles. The summed E-state index contributed by atoms with van der Waals surface area (Å²) in [6.45, 7) is 4.19. The molecule has 2 saturated heterocycles. The quantitative estimate of drug-likeness (QED) is 0.197. The molecule has 0 radical (unpaired) electrons. The first-order valence-electron chi connectivity index (χ1n) is 19.5. The van der Waals surface area contributed by atoms with Crippen LogP contribution >= 0.6 is 0 Å². The van der Waals surface area contributed by atoms with Gasteiger partial charge in [-0.1, -0.05) is 6.07 Å². The second-order valence-electron chi connectivity index (χ2n) is 16.3. The summed E-state index contributed by atoms with van der Waals surface area (Å²) in [5.41, 5.74) is 6.01. The van der Waals surface area contributed by atoms with Crippen molar-refractivity contribution in [1.29, 1.82) is 0 Å². The monoisotopic (exact) mass is 754 g/mol. The van der Waals surface area contributed by atoms with Crippen molar-refractivity contribution in [2.75, 3.05) is 6.61 Å². The summed E-state index contributed by atoms with van der Waals surface area (Å²) in [7, 11) is 1.74. The molecule has 13 heteroatoms. The van der Waals surface area contributed by atoms with Gasteiger partial charge in [-0.25, -0.2) is 18.3 Å². The van der Waals surface area contributed by atoms with Crippen molar-refractivity contribution in [3.63, 3.8) is 0 Å². The molecule has 284 valence electrons. The molecule has 4 aliphatic rings. The average molecular weight is 755 g/mol. The second kappa shape index (κ2) is 11.8. The standard InChI is InChI=1S/C43H40F2N8O3/c1-23-16-29(17-24(2)38(23)44)53-40(51-14-13-50(42(51)55)36-9-8-34-30(39(36)45)22-46-49(34)3)37-32(48-53)20-28-5-7-35(37)52(28)41(54)33-19-27-18-25(4-6-31(27)47-33)26-10-15-56-43(21-26)11-12-43/h4,6,8-9,13-14,16-19,22,26,28,35,47H,5,7,10-12,15,20-21H2,1-3H3/t26-,28+,35-/m1/s1. The van der Waals surface area contributed by atoms with Crippen LogP contribution < -0.4 is 5.69 Å². The van der Waals surface area contributed by atoms with E-state index in [4.69, 9.17) is 9.84 Å². The van der Waals surface area contributed by atoms with Crippen molar-refractivity contribution in [3.8, 4) is 17.2 Å². The Kier molecular flexibility index (Phi) is 7.09. The van der Waals surface area contributed by atoms with Crippen LogP contribution in [0, 0.1) is 25.5 Å². The van der Waals surface area contributed by atoms with E-state index in [1.165, 1.54) is 20.9 Å². The second-order valence-corrected chi connectivity index (χ2v) is 16.3. The van der Waals surface area contributed by atoms with Gasteiger partial charge < -0.3 is 14.6 Å². The van der Waals surface area contributed by atoms with Crippen molar-refractivity contribution in [1.82, 2.24) is 38.6 Å². The maximum absolute atomic E-state index is 16.0. The van der Waals surface area contributed by atoms with Gasteiger partial charge in [-0.05, 0) is 117 Å². The topological polar surface area (TPSA) is 108 Å². The number of hydrogen-bond donors (Lipinski definition) is 1. The average Bonchev–Trinajstić information content (AvgIpc) is 3.68. The number of nitrogens with zero attached hydrogens (tertiary/aromatic N) is 7. The Morgan fingerprint density at radius 2 is 1.77 bits per heavy atom. The van der Waals surface area contributed by atoms with Gasteiger partial charge in [0, 0.05) is 55.0 Å². The number of H-pyrrole nitrogens is 1. The number of aromatic nitrogens is 7. The Morgan fingerprint density at radius 1 is 0.964 bits per heavy atom. The van der Waals surface area contributed by atoms with Crippen molar-refractivity contribution >= 4 is 27.7 Å². The highest BCUT2D eigenvalue weighted by atomic mass is 19.1. The van der Waals surface area contributed by atoms with Crippen molar-refractivity contribution < 1.29 is 18.3 Å². The highest BCUT2D eigenvalue weighted by Gasteiger charge is 2.49. The van der Waals surface area contributed by atoms with Crippen LogP contribution in [0.2, 0.25) is 0 Å². The van der Waals surface area contributed by atoms with E-state index < -0.39 is 11.5 Å². The minimum Gasteiger partial charge on any atom is -0.375 e. The Morgan fingerprint density at radius 3 is 2.57 bits per heavy atom. The third kappa shape index (κ3) is 4.88. The minimum absolute atomic E-state index is 0.0721. The van der Waals surface area contributed by atoms with Crippen molar-refractivity contribution in [3.05, 3.63) is 123 Å². The molecule has 3 aromatic carbocycles. The molecular formula is C43H40F2N8O3. The number of amides is 1. The number of hydrogen-bond acceptors (Lipinski definition) is 5. The molecule has 1 amide bonds. The van der Waals surface area contributed by atoms with Crippen LogP contribution in [0.4, 0.5) is 8.78 Å². The van der Waals surface area contributed by atoms with Crippen LogP contribution in [0.15, 0.2) is 71.9 Å². The first-order chi connectivity index (χ1) is 27.1. The summed E-state index contributed by atoms with van der Waals surface area (Å²) in [4.78, 5) is 34.5. The molecule has 3 fully saturated rings. The summed E-state index contributed by atoms with van der Waals surface area (Å²) in [6.07, 6.45) is 10.9. The van der Waals surface area contributed by atoms with E-state index in [1.54, 1.807) is 66.9 Å². The summed E-state index contributed by atoms with van der Waals surface area (Å²) in [6, 6.07) is 14.7. The molecule has 56 heavy (non-hydrogen) atoms. The fourth-order valence-electron chi connectivity index (χ4n) is 9.86. The molecule has 3 aliphatic heterocycles. The van der Waals surface area contributed by atoms with Gasteiger partial charge in [0.2, 0.25) is 0 Å². The number of ether oxygens (including phenoxy) is 1. The lowest BCUT2D eigenvalue weighted by atomic mass is 9.87. The first-order valence-corrected chi connectivity index (χ1v) is 19.5. The number of benzene rings is 3. The van der Waals surface area contributed by atoms with Crippen LogP contribution in [-0.4, -0.2) is 62.7 Å². The predicted octanol–water partition coefficient (Wildman–Crippen LogP) is 7.41. The van der Waals surface area contributed by atoms with Crippen LogP contribution in [0.5, 0.6) is 0 Å². The van der Waals surface area contributed by atoms with E-state index in [1.807, 2.05) is 11.0 Å².